The van der Waals surface area contributed by atoms with Gasteiger partial charge < -0.3 is 15.2 Å². The minimum Gasteiger partial charge on any atom is -0.481 e. The molecule has 2 fully saturated rings. The molecule has 1 aliphatic heterocycles. The van der Waals surface area contributed by atoms with E-state index < -0.39 is 5.97 Å². The SMILES string of the molecule is O=C(CCC1CCCCO1)NCC1CCCC1C(=O)O. The van der Waals surface area contributed by atoms with Crippen molar-refractivity contribution in [1.82, 2.24) is 5.32 Å². The number of carbonyl (C=O) groups excluding carboxylic acids is 1. The molecule has 5 heteroatoms. The van der Waals surface area contributed by atoms with Gasteiger partial charge in [0.2, 0.25) is 5.91 Å². The summed E-state index contributed by atoms with van der Waals surface area (Å²) in [7, 11) is 0. The molecule has 0 spiro atoms. The average Bonchev–Trinajstić information content (AvgIpc) is 2.92. The zero-order chi connectivity index (χ0) is 14.4. The third-order valence-corrected chi connectivity index (χ3v) is 4.51. The molecule has 2 aliphatic rings. The van der Waals surface area contributed by atoms with Crippen LogP contribution in [0.2, 0.25) is 0 Å². The van der Waals surface area contributed by atoms with E-state index in [1.807, 2.05) is 0 Å². The molecule has 3 atom stereocenters. The molecule has 0 aromatic heterocycles. The van der Waals surface area contributed by atoms with Crippen molar-refractivity contribution in [3.8, 4) is 0 Å². The minimum atomic E-state index is -0.725. The van der Waals surface area contributed by atoms with Gasteiger partial charge in [0.15, 0.2) is 0 Å². The molecule has 1 aliphatic carbocycles. The molecule has 20 heavy (non-hydrogen) atoms. The van der Waals surface area contributed by atoms with Crippen LogP contribution in [0.1, 0.15) is 51.4 Å². The van der Waals surface area contributed by atoms with Crippen LogP contribution in [0.5, 0.6) is 0 Å². The molecule has 2 N–H and O–H groups in total. The summed E-state index contributed by atoms with van der Waals surface area (Å²) in [5.41, 5.74) is 0. The second kappa shape index (κ2) is 7.62. The zero-order valence-corrected chi connectivity index (χ0v) is 12.0. The Kier molecular flexibility index (Phi) is 5.83. The fourth-order valence-corrected chi connectivity index (χ4v) is 3.27. The number of carbonyl (C=O) groups is 2. The van der Waals surface area contributed by atoms with E-state index in [1.165, 1.54) is 6.42 Å². The fraction of sp³-hybridized carbons (Fsp3) is 0.867. The number of ether oxygens (including phenoxy) is 1. The second-order valence-electron chi connectivity index (χ2n) is 5.97. The molecule has 5 nitrogen and oxygen atoms in total. The largest absolute Gasteiger partial charge is 0.481 e. The number of rotatable bonds is 6. The summed E-state index contributed by atoms with van der Waals surface area (Å²) in [5, 5.41) is 12.0. The molecule has 2 rings (SSSR count). The molecular weight excluding hydrogens is 258 g/mol. The number of aliphatic carboxylic acids is 1. The maximum atomic E-state index is 11.8. The van der Waals surface area contributed by atoms with E-state index in [0.717, 1.165) is 45.1 Å². The summed E-state index contributed by atoms with van der Waals surface area (Å²) < 4.78 is 5.60. The molecule has 0 radical (unpaired) electrons. The fourth-order valence-electron chi connectivity index (χ4n) is 3.27. The van der Waals surface area contributed by atoms with Crippen LogP contribution < -0.4 is 5.32 Å². The molecule has 114 valence electrons. The Labute approximate surface area is 120 Å². The highest BCUT2D eigenvalue weighted by Gasteiger charge is 2.32. The zero-order valence-electron chi connectivity index (χ0n) is 12.0. The third kappa shape index (κ3) is 4.47. The number of amides is 1. The van der Waals surface area contributed by atoms with Crippen molar-refractivity contribution < 1.29 is 19.4 Å². The highest BCUT2D eigenvalue weighted by Crippen LogP contribution is 2.31. The lowest BCUT2D eigenvalue weighted by Gasteiger charge is -2.22. The first-order chi connectivity index (χ1) is 9.66. The van der Waals surface area contributed by atoms with Gasteiger partial charge in [0.05, 0.1) is 12.0 Å². The van der Waals surface area contributed by atoms with Crippen molar-refractivity contribution >= 4 is 11.9 Å². The van der Waals surface area contributed by atoms with E-state index in [-0.39, 0.29) is 23.8 Å². The van der Waals surface area contributed by atoms with Gasteiger partial charge in [-0.25, -0.2) is 0 Å². The van der Waals surface area contributed by atoms with Gasteiger partial charge in [-0.3, -0.25) is 9.59 Å². The Morgan fingerprint density at radius 1 is 1.15 bits per heavy atom. The Bertz CT molecular complexity index is 339. The third-order valence-electron chi connectivity index (χ3n) is 4.51. The van der Waals surface area contributed by atoms with Gasteiger partial charge in [0.1, 0.15) is 0 Å². The molecule has 1 amide bonds. The quantitative estimate of drug-likeness (QED) is 0.781. The van der Waals surface area contributed by atoms with Crippen molar-refractivity contribution in [3.05, 3.63) is 0 Å². The van der Waals surface area contributed by atoms with Crippen LogP contribution in [0, 0.1) is 11.8 Å². The van der Waals surface area contributed by atoms with E-state index in [1.54, 1.807) is 0 Å². The summed E-state index contributed by atoms with van der Waals surface area (Å²) >= 11 is 0. The van der Waals surface area contributed by atoms with Gasteiger partial charge >= 0.3 is 5.97 Å². The number of hydrogen-bond donors (Lipinski definition) is 2. The predicted octanol–water partition coefficient (Wildman–Crippen LogP) is 1.95. The maximum Gasteiger partial charge on any atom is 0.306 e. The monoisotopic (exact) mass is 283 g/mol. The molecule has 1 saturated heterocycles. The summed E-state index contributed by atoms with van der Waals surface area (Å²) in [6.45, 7) is 1.32. The summed E-state index contributed by atoms with van der Waals surface area (Å²) in [4.78, 5) is 22.9. The van der Waals surface area contributed by atoms with Crippen LogP contribution in [0.15, 0.2) is 0 Å². The Morgan fingerprint density at radius 3 is 2.70 bits per heavy atom. The van der Waals surface area contributed by atoms with Crippen molar-refractivity contribution in [1.29, 1.82) is 0 Å². The van der Waals surface area contributed by atoms with Gasteiger partial charge in [0, 0.05) is 19.6 Å². The number of nitrogens with one attached hydrogen (secondary N) is 1. The summed E-state index contributed by atoms with van der Waals surface area (Å²) in [6, 6.07) is 0. The maximum absolute atomic E-state index is 11.8. The lowest BCUT2D eigenvalue weighted by atomic mass is 9.96. The van der Waals surface area contributed by atoms with Gasteiger partial charge in [-0.2, -0.15) is 0 Å². The molecule has 1 saturated carbocycles. The van der Waals surface area contributed by atoms with Crippen molar-refractivity contribution in [2.75, 3.05) is 13.2 Å². The lowest BCUT2D eigenvalue weighted by molar-refractivity contribution is -0.143. The number of hydrogen-bond acceptors (Lipinski definition) is 3. The standard InChI is InChI=1S/C15H25NO4/c17-14(8-7-12-5-1-2-9-20-12)16-10-11-4-3-6-13(11)15(18)19/h11-13H,1-10H2,(H,16,17)(H,18,19). The minimum absolute atomic E-state index is 0.0233. The van der Waals surface area contributed by atoms with Gasteiger partial charge in [-0.05, 0) is 44.4 Å². The molecule has 3 unspecified atom stereocenters. The van der Waals surface area contributed by atoms with Crippen LogP contribution in [-0.2, 0) is 14.3 Å². The first-order valence-corrected chi connectivity index (χ1v) is 7.78. The summed E-state index contributed by atoms with van der Waals surface area (Å²) in [6.07, 6.45) is 7.45. The van der Waals surface area contributed by atoms with Gasteiger partial charge in [-0.1, -0.05) is 6.42 Å². The van der Waals surface area contributed by atoms with Gasteiger partial charge in [0.25, 0.3) is 0 Å². The highest BCUT2D eigenvalue weighted by molar-refractivity contribution is 5.76. The summed E-state index contributed by atoms with van der Waals surface area (Å²) in [5.74, 6) is -0.882. The van der Waals surface area contributed by atoms with Crippen molar-refractivity contribution in [2.45, 2.75) is 57.5 Å². The van der Waals surface area contributed by atoms with Crippen molar-refractivity contribution in [2.24, 2.45) is 11.8 Å². The van der Waals surface area contributed by atoms with E-state index in [0.29, 0.717) is 13.0 Å². The topological polar surface area (TPSA) is 75.6 Å². The van der Waals surface area contributed by atoms with Crippen molar-refractivity contribution in [3.63, 3.8) is 0 Å². The molecule has 0 bridgehead atoms. The van der Waals surface area contributed by atoms with E-state index in [2.05, 4.69) is 5.32 Å². The van der Waals surface area contributed by atoms with E-state index in [9.17, 15) is 9.59 Å². The Morgan fingerprint density at radius 2 is 2.00 bits per heavy atom. The normalized spacial score (nSPS) is 30.1. The van der Waals surface area contributed by atoms with Crippen LogP contribution in [0.4, 0.5) is 0 Å². The average molecular weight is 283 g/mol. The molecule has 0 aromatic carbocycles. The molecule has 1 heterocycles. The second-order valence-corrected chi connectivity index (χ2v) is 5.97. The number of carboxylic acid groups (broad SMARTS) is 1. The Balaban J connectivity index is 1.63. The van der Waals surface area contributed by atoms with Crippen LogP contribution in [0.25, 0.3) is 0 Å². The first-order valence-electron chi connectivity index (χ1n) is 7.78. The first kappa shape index (κ1) is 15.3. The van der Waals surface area contributed by atoms with Crippen LogP contribution in [-0.4, -0.2) is 36.2 Å². The number of carboxylic acids is 1. The van der Waals surface area contributed by atoms with E-state index >= 15 is 0 Å². The predicted molar refractivity (Wildman–Crippen MR) is 74.3 cm³/mol. The smallest absolute Gasteiger partial charge is 0.306 e. The highest BCUT2D eigenvalue weighted by atomic mass is 16.5. The van der Waals surface area contributed by atoms with Crippen LogP contribution >= 0.6 is 0 Å². The van der Waals surface area contributed by atoms with Gasteiger partial charge in [-0.15, -0.1) is 0 Å². The molecule has 0 aromatic rings. The van der Waals surface area contributed by atoms with Crippen LogP contribution in [0.3, 0.4) is 0 Å². The Hall–Kier alpha value is -1.10. The lowest BCUT2D eigenvalue weighted by Crippen LogP contribution is -2.33. The van der Waals surface area contributed by atoms with E-state index in [4.69, 9.17) is 9.84 Å². The molecular formula is C15H25NO4.